The van der Waals surface area contributed by atoms with Gasteiger partial charge in [0.2, 0.25) is 0 Å². The third-order valence-corrected chi connectivity index (χ3v) is 2.64. The van der Waals surface area contributed by atoms with Crippen molar-refractivity contribution in [3.8, 4) is 0 Å². The van der Waals surface area contributed by atoms with Gasteiger partial charge in [0.05, 0.1) is 29.2 Å². The predicted octanol–water partition coefficient (Wildman–Crippen LogP) is 1.98. The lowest BCUT2D eigenvalue weighted by molar-refractivity contribution is 0.0855. The van der Waals surface area contributed by atoms with Crippen molar-refractivity contribution in [1.29, 1.82) is 0 Å². The molecule has 2 rings (SSSR count). The molecule has 1 atom stereocenters. The Morgan fingerprint density at radius 3 is 3.12 bits per heavy atom. The Morgan fingerprint density at radius 1 is 1.53 bits per heavy atom. The monoisotopic (exact) mass is 234 g/mol. The third kappa shape index (κ3) is 2.68. The van der Waals surface area contributed by atoms with Crippen molar-refractivity contribution < 1.29 is 4.74 Å². The van der Waals surface area contributed by atoms with E-state index in [2.05, 4.69) is 15.5 Å². The Labute approximate surface area is 100 Å². The summed E-state index contributed by atoms with van der Waals surface area (Å²) >= 11 is 0. The molecule has 0 saturated heterocycles. The fourth-order valence-corrected chi connectivity index (χ4v) is 1.76. The minimum absolute atomic E-state index is 0.164. The van der Waals surface area contributed by atoms with Crippen LogP contribution in [0.4, 0.5) is 11.4 Å². The van der Waals surface area contributed by atoms with Gasteiger partial charge < -0.3 is 15.8 Å². The van der Waals surface area contributed by atoms with E-state index in [0.717, 1.165) is 35.4 Å². The fourth-order valence-electron chi connectivity index (χ4n) is 1.76. The number of nitrogens with zero attached hydrogens (tertiary/aromatic N) is 1. The van der Waals surface area contributed by atoms with Gasteiger partial charge in [-0.2, -0.15) is 5.10 Å². The summed E-state index contributed by atoms with van der Waals surface area (Å²) in [6.45, 7) is 5.47. The fraction of sp³-hybridized carbons (Fsp3) is 0.417. The number of rotatable bonds is 5. The lowest BCUT2D eigenvalue weighted by atomic mass is 10.2. The van der Waals surface area contributed by atoms with E-state index in [4.69, 9.17) is 10.5 Å². The number of nitrogens with one attached hydrogen (secondary N) is 2. The minimum atomic E-state index is 0.164. The SMILES string of the molecule is CCOC(C)CNc1cc2[nH]ncc2cc1N. The molecule has 5 nitrogen and oxygen atoms in total. The third-order valence-electron chi connectivity index (χ3n) is 2.64. The van der Waals surface area contributed by atoms with Crippen LogP contribution in [0.25, 0.3) is 10.9 Å². The summed E-state index contributed by atoms with van der Waals surface area (Å²) in [5.41, 5.74) is 8.57. The Balaban J connectivity index is 2.09. The molecule has 2 aromatic rings. The van der Waals surface area contributed by atoms with Gasteiger partial charge in [-0.1, -0.05) is 0 Å². The summed E-state index contributed by atoms with van der Waals surface area (Å²) in [4.78, 5) is 0. The molecular weight excluding hydrogens is 216 g/mol. The summed E-state index contributed by atoms with van der Waals surface area (Å²) in [5.74, 6) is 0. The molecule has 1 heterocycles. The van der Waals surface area contributed by atoms with Crippen molar-refractivity contribution >= 4 is 22.3 Å². The highest BCUT2D eigenvalue weighted by Crippen LogP contribution is 2.24. The quantitative estimate of drug-likeness (QED) is 0.691. The van der Waals surface area contributed by atoms with Crippen molar-refractivity contribution in [1.82, 2.24) is 10.2 Å². The normalized spacial score (nSPS) is 12.8. The van der Waals surface area contributed by atoms with Crippen LogP contribution < -0.4 is 11.1 Å². The maximum absolute atomic E-state index is 5.96. The van der Waals surface area contributed by atoms with Gasteiger partial charge in [-0.25, -0.2) is 0 Å². The van der Waals surface area contributed by atoms with Crippen molar-refractivity contribution in [2.75, 3.05) is 24.2 Å². The van der Waals surface area contributed by atoms with E-state index >= 15 is 0 Å². The van der Waals surface area contributed by atoms with E-state index in [1.807, 2.05) is 26.0 Å². The Bertz CT molecular complexity index is 494. The number of ether oxygens (including phenoxy) is 1. The first-order valence-electron chi connectivity index (χ1n) is 5.78. The lowest BCUT2D eigenvalue weighted by Gasteiger charge is -2.14. The Kier molecular flexibility index (Phi) is 3.49. The molecule has 92 valence electrons. The van der Waals surface area contributed by atoms with E-state index in [1.54, 1.807) is 6.20 Å². The van der Waals surface area contributed by atoms with Gasteiger partial charge >= 0.3 is 0 Å². The number of anilines is 2. The summed E-state index contributed by atoms with van der Waals surface area (Å²) in [6, 6.07) is 3.88. The number of nitrogen functional groups attached to an aromatic ring is 1. The Morgan fingerprint density at radius 2 is 2.35 bits per heavy atom. The van der Waals surface area contributed by atoms with Crippen molar-refractivity contribution in [2.24, 2.45) is 0 Å². The highest BCUT2D eigenvalue weighted by atomic mass is 16.5. The molecule has 0 bridgehead atoms. The summed E-state index contributed by atoms with van der Waals surface area (Å²) in [5, 5.41) is 11.2. The predicted molar refractivity (Wildman–Crippen MR) is 70.1 cm³/mol. The number of aromatic nitrogens is 2. The van der Waals surface area contributed by atoms with Gasteiger partial charge in [0.1, 0.15) is 0 Å². The highest BCUT2D eigenvalue weighted by Gasteiger charge is 2.05. The van der Waals surface area contributed by atoms with Crippen LogP contribution in [0.5, 0.6) is 0 Å². The molecule has 0 amide bonds. The van der Waals surface area contributed by atoms with E-state index in [-0.39, 0.29) is 6.10 Å². The molecular formula is C12H18N4O. The number of aromatic amines is 1. The average Bonchev–Trinajstić information content (AvgIpc) is 2.73. The first kappa shape index (κ1) is 11.7. The van der Waals surface area contributed by atoms with Gasteiger partial charge in [-0.15, -0.1) is 0 Å². The van der Waals surface area contributed by atoms with Crippen LogP contribution in [0.15, 0.2) is 18.3 Å². The standard InChI is InChI=1S/C12H18N4O/c1-3-17-8(2)6-14-12-5-11-9(4-10(12)13)7-15-16-11/h4-5,7-8,14H,3,6,13H2,1-2H3,(H,15,16). The zero-order valence-corrected chi connectivity index (χ0v) is 10.2. The van der Waals surface area contributed by atoms with E-state index < -0.39 is 0 Å². The highest BCUT2D eigenvalue weighted by molar-refractivity contribution is 5.88. The maximum atomic E-state index is 5.96. The smallest absolute Gasteiger partial charge is 0.0719 e. The van der Waals surface area contributed by atoms with Crippen molar-refractivity contribution in [3.63, 3.8) is 0 Å². The van der Waals surface area contributed by atoms with Crippen molar-refractivity contribution in [3.05, 3.63) is 18.3 Å². The molecule has 1 aromatic heterocycles. The first-order chi connectivity index (χ1) is 8.20. The molecule has 0 spiro atoms. The van der Waals surface area contributed by atoms with Gasteiger partial charge in [0.15, 0.2) is 0 Å². The van der Waals surface area contributed by atoms with Crippen molar-refractivity contribution in [2.45, 2.75) is 20.0 Å². The van der Waals surface area contributed by atoms with Crippen LogP contribution in [0, 0.1) is 0 Å². The number of fused-ring (bicyclic) bond motifs is 1. The molecule has 0 aliphatic carbocycles. The molecule has 4 N–H and O–H groups in total. The zero-order valence-electron chi connectivity index (χ0n) is 10.2. The van der Waals surface area contributed by atoms with E-state index in [1.165, 1.54) is 0 Å². The van der Waals surface area contributed by atoms with Gasteiger partial charge in [-0.3, -0.25) is 5.10 Å². The lowest BCUT2D eigenvalue weighted by Crippen LogP contribution is -2.20. The Hall–Kier alpha value is -1.75. The van der Waals surface area contributed by atoms with Crippen LogP contribution in [0.2, 0.25) is 0 Å². The van der Waals surface area contributed by atoms with Crippen LogP contribution in [0.3, 0.4) is 0 Å². The average molecular weight is 234 g/mol. The number of hydrogen-bond donors (Lipinski definition) is 3. The van der Waals surface area contributed by atoms with Gasteiger partial charge in [-0.05, 0) is 26.0 Å². The molecule has 0 aliphatic heterocycles. The summed E-state index contributed by atoms with van der Waals surface area (Å²) < 4.78 is 5.45. The topological polar surface area (TPSA) is 76.0 Å². The van der Waals surface area contributed by atoms with Crippen LogP contribution in [-0.2, 0) is 4.74 Å². The molecule has 0 fully saturated rings. The zero-order chi connectivity index (χ0) is 12.3. The number of benzene rings is 1. The minimum Gasteiger partial charge on any atom is -0.397 e. The van der Waals surface area contributed by atoms with Crippen LogP contribution in [-0.4, -0.2) is 29.5 Å². The van der Waals surface area contributed by atoms with E-state index in [0.29, 0.717) is 0 Å². The molecule has 5 heteroatoms. The largest absolute Gasteiger partial charge is 0.397 e. The molecule has 0 aliphatic rings. The molecule has 1 unspecified atom stereocenters. The van der Waals surface area contributed by atoms with Gasteiger partial charge in [0.25, 0.3) is 0 Å². The molecule has 0 saturated carbocycles. The number of hydrogen-bond acceptors (Lipinski definition) is 4. The molecule has 0 radical (unpaired) electrons. The summed E-state index contributed by atoms with van der Waals surface area (Å²) in [6.07, 6.45) is 1.93. The van der Waals surface area contributed by atoms with E-state index in [9.17, 15) is 0 Å². The first-order valence-corrected chi connectivity index (χ1v) is 5.78. The number of H-pyrrole nitrogens is 1. The van der Waals surface area contributed by atoms with Gasteiger partial charge in [0, 0.05) is 18.5 Å². The van der Waals surface area contributed by atoms with Crippen LogP contribution >= 0.6 is 0 Å². The summed E-state index contributed by atoms with van der Waals surface area (Å²) in [7, 11) is 0. The van der Waals surface area contributed by atoms with Crippen LogP contribution in [0.1, 0.15) is 13.8 Å². The second-order valence-electron chi connectivity index (χ2n) is 4.04. The molecule has 1 aromatic carbocycles. The molecule has 17 heavy (non-hydrogen) atoms. The second-order valence-corrected chi connectivity index (χ2v) is 4.04. The number of nitrogens with two attached hydrogens (primary N) is 1. The maximum Gasteiger partial charge on any atom is 0.0719 e. The second kappa shape index (κ2) is 5.05.